The number of H-pyrrole nitrogens is 1. The summed E-state index contributed by atoms with van der Waals surface area (Å²) < 4.78 is 0.752. The molecule has 0 aromatic carbocycles. The Bertz CT molecular complexity index is 389. The van der Waals surface area contributed by atoms with Gasteiger partial charge in [0.05, 0.1) is 10.2 Å². The lowest BCUT2D eigenvalue weighted by atomic mass is 10.1. The molecule has 0 aliphatic heterocycles. The fourth-order valence-electron chi connectivity index (χ4n) is 1.31. The standard InChI is InChI=1S/C11H19BrN4O/c1-6(2)9-8(12)10(16-15-9)11(17)14-5-7(3)13-4/h6-7,13H,5H2,1-4H3,(H,14,17)(H,15,16). The molecule has 1 amide bonds. The lowest BCUT2D eigenvalue weighted by Gasteiger charge is -2.10. The van der Waals surface area contributed by atoms with Crippen LogP contribution in [0.25, 0.3) is 0 Å². The van der Waals surface area contributed by atoms with E-state index in [1.165, 1.54) is 0 Å². The van der Waals surface area contributed by atoms with Gasteiger partial charge in [0.25, 0.3) is 5.91 Å². The summed E-state index contributed by atoms with van der Waals surface area (Å²) in [7, 11) is 1.86. The number of aromatic nitrogens is 2. The monoisotopic (exact) mass is 302 g/mol. The van der Waals surface area contributed by atoms with E-state index >= 15 is 0 Å². The number of aromatic amines is 1. The fraction of sp³-hybridized carbons (Fsp3) is 0.636. The van der Waals surface area contributed by atoms with Gasteiger partial charge in [0.1, 0.15) is 0 Å². The molecule has 1 heterocycles. The van der Waals surface area contributed by atoms with Crippen LogP contribution < -0.4 is 10.6 Å². The van der Waals surface area contributed by atoms with Crippen molar-refractivity contribution in [3.63, 3.8) is 0 Å². The van der Waals surface area contributed by atoms with Gasteiger partial charge in [-0.2, -0.15) is 5.10 Å². The van der Waals surface area contributed by atoms with E-state index in [0.717, 1.165) is 10.2 Å². The molecule has 1 aromatic rings. The maximum absolute atomic E-state index is 11.9. The van der Waals surface area contributed by atoms with Crippen molar-refractivity contribution in [2.75, 3.05) is 13.6 Å². The van der Waals surface area contributed by atoms with Crippen molar-refractivity contribution < 1.29 is 4.79 Å². The average molecular weight is 303 g/mol. The van der Waals surface area contributed by atoms with E-state index in [9.17, 15) is 4.79 Å². The van der Waals surface area contributed by atoms with Crippen molar-refractivity contribution in [2.24, 2.45) is 0 Å². The highest BCUT2D eigenvalue weighted by atomic mass is 79.9. The number of carbonyl (C=O) groups excluding carboxylic acids is 1. The first kappa shape index (κ1) is 14.2. The second-order valence-corrected chi connectivity index (χ2v) is 5.15. The summed E-state index contributed by atoms with van der Waals surface area (Å²) in [6.45, 7) is 6.66. The van der Waals surface area contributed by atoms with Crippen LogP contribution in [0.4, 0.5) is 0 Å². The van der Waals surface area contributed by atoms with E-state index in [0.29, 0.717) is 18.2 Å². The van der Waals surface area contributed by atoms with Crippen LogP contribution in [0.3, 0.4) is 0 Å². The molecule has 1 aromatic heterocycles. The molecule has 6 heteroatoms. The molecule has 1 rings (SSSR count). The van der Waals surface area contributed by atoms with E-state index < -0.39 is 0 Å². The number of amides is 1. The zero-order valence-electron chi connectivity index (χ0n) is 10.6. The Morgan fingerprint density at radius 3 is 2.59 bits per heavy atom. The van der Waals surface area contributed by atoms with Crippen LogP contribution in [-0.2, 0) is 0 Å². The Balaban J connectivity index is 2.70. The minimum atomic E-state index is -0.165. The van der Waals surface area contributed by atoms with Crippen LogP contribution in [-0.4, -0.2) is 35.7 Å². The quantitative estimate of drug-likeness (QED) is 0.774. The van der Waals surface area contributed by atoms with E-state index in [1.807, 2.05) is 27.8 Å². The Labute approximate surface area is 110 Å². The van der Waals surface area contributed by atoms with Crippen molar-refractivity contribution in [1.82, 2.24) is 20.8 Å². The number of likely N-dealkylation sites (N-methyl/N-ethyl adjacent to an activating group) is 1. The molecular weight excluding hydrogens is 284 g/mol. The van der Waals surface area contributed by atoms with Crippen molar-refractivity contribution >= 4 is 21.8 Å². The van der Waals surface area contributed by atoms with Gasteiger partial charge >= 0.3 is 0 Å². The highest BCUT2D eigenvalue weighted by Gasteiger charge is 2.19. The maximum atomic E-state index is 11.9. The summed E-state index contributed by atoms with van der Waals surface area (Å²) in [6.07, 6.45) is 0. The lowest BCUT2D eigenvalue weighted by Crippen LogP contribution is -2.37. The van der Waals surface area contributed by atoms with Gasteiger partial charge in [-0.15, -0.1) is 0 Å². The van der Waals surface area contributed by atoms with Crippen molar-refractivity contribution in [1.29, 1.82) is 0 Å². The second-order valence-electron chi connectivity index (χ2n) is 4.35. The van der Waals surface area contributed by atoms with Crippen LogP contribution in [0.1, 0.15) is 42.9 Å². The Kier molecular flexibility index (Phi) is 5.14. The van der Waals surface area contributed by atoms with Gasteiger partial charge in [-0.1, -0.05) is 13.8 Å². The summed E-state index contributed by atoms with van der Waals surface area (Å²) in [6, 6.07) is 0.237. The third-order valence-electron chi connectivity index (χ3n) is 2.59. The molecule has 0 fully saturated rings. The molecule has 5 nitrogen and oxygen atoms in total. The molecule has 0 radical (unpaired) electrons. The highest BCUT2D eigenvalue weighted by Crippen LogP contribution is 2.25. The van der Waals surface area contributed by atoms with Crippen molar-refractivity contribution in [3.8, 4) is 0 Å². The Morgan fingerprint density at radius 1 is 1.47 bits per heavy atom. The first-order valence-electron chi connectivity index (χ1n) is 5.66. The zero-order chi connectivity index (χ0) is 13.0. The Hall–Kier alpha value is -0.880. The smallest absolute Gasteiger partial charge is 0.273 e. The van der Waals surface area contributed by atoms with E-state index in [1.54, 1.807) is 0 Å². The molecular formula is C11H19BrN4O. The number of hydrogen-bond acceptors (Lipinski definition) is 3. The van der Waals surface area contributed by atoms with E-state index in [4.69, 9.17) is 0 Å². The number of nitrogens with zero attached hydrogens (tertiary/aromatic N) is 1. The highest BCUT2D eigenvalue weighted by molar-refractivity contribution is 9.10. The van der Waals surface area contributed by atoms with E-state index in [2.05, 4.69) is 36.8 Å². The van der Waals surface area contributed by atoms with Crippen LogP contribution >= 0.6 is 15.9 Å². The van der Waals surface area contributed by atoms with E-state index in [-0.39, 0.29) is 11.9 Å². The molecule has 0 spiro atoms. The van der Waals surface area contributed by atoms with Crippen LogP contribution in [0.5, 0.6) is 0 Å². The number of nitrogens with one attached hydrogen (secondary N) is 3. The molecule has 3 N–H and O–H groups in total. The first-order valence-corrected chi connectivity index (χ1v) is 6.45. The fourth-order valence-corrected chi connectivity index (χ4v) is 2.12. The number of hydrogen-bond donors (Lipinski definition) is 3. The third kappa shape index (κ3) is 3.54. The molecule has 1 unspecified atom stereocenters. The number of carbonyl (C=O) groups is 1. The van der Waals surface area contributed by atoms with Gasteiger partial charge in [0, 0.05) is 12.6 Å². The third-order valence-corrected chi connectivity index (χ3v) is 3.39. The SMILES string of the molecule is CNC(C)CNC(=O)c1n[nH]c(C(C)C)c1Br. The average Bonchev–Trinajstić information content (AvgIpc) is 2.67. The molecule has 96 valence electrons. The van der Waals surface area contributed by atoms with Crippen LogP contribution in [0.15, 0.2) is 4.47 Å². The van der Waals surface area contributed by atoms with Gasteiger partial charge in [0.2, 0.25) is 0 Å². The summed E-state index contributed by atoms with van der Waals surface area (Å²) in [5.41, 5.74) is 1.36. The predicted octanol–water partition coefficient (Wildman–Crippen LogP) is 1.63. The summed E-state index contributed by atoms with van der Waals surface area (Å²) >= 11 is 3.41. The number of halogens is 1. The lowest BCUT2D eigenvalue weighted by molar-refractivity contribution is 0.0945. The molecule has 0 aliphatic carbocycles. The molecule has 0 saturated heterocycles. The Morgan fingerprint density at radius 2 is 2.12 bits per heavy atom. The summed E-state index contributed by atoms with van der Waals surface area (Å²) in [5.74, 6) is 0.136. The van der Waals surface area contributed by atoms with Gasteiger partial charge in [0.15, 0.2) is 5.69 Å². The van der Waals surface area contributed by atoms with Gasteiger partial charge in [-0.05, 0) is 35.8 Å². The first-order chi connectivity index (χ1) is 7.97. The van der Waals surface area contributed by atoms with Gasteiger partial charge in [-0.3, -0.25) is 9.89 Å². The predicted molar refractivity (Wildman–Crippen MR) is 71.2 cm³/mol. The van der Waals surface area contributed by atoms with Crippen molar-refractivity contribution in [3.05, 3.63) is 15.9 Å². The molecule has 17 heavy (non-hydrogen) atoms. The van der Waals surface area contributed by atoms with Crippen molar-refractivity contribution in [2.45, 2.75) is 32.7 Å². The largest absolute Gasteiger partial charge is 0.349 e. The molecule has 1 atom stereocenters. The van der Waals surface area contributed by atoms with Crippen LogP contribution in [0.2, 0.25) is 0 Å². The van der Waals surface area contributed by atoms with Gasteiger partial charge in [-0.25, -0.2) is 0 Å². The second kappa shape index (κ2) is 6.16. The minimum absolute atomic E-state index is 0.165. The summed E-state index contributed by atoms with van der Waals surface area (Å²) in [4.78, 5) is 11.9. The summed E-state index contributed by atoms with van der Waals surface area (Å²) in [5, 5.41) is 12.8. The number of rotatable bonds is 5. The topological polar surface area (TPSA) is 69.8 Å². The maximum Gasteiger partial charge on any atom is 0.273 e. The zero-order valence-corrected chi connectivity index (χ0v) is 12.2. The molecule has 0 aliphatic rings. The molecule has 0 saturated carbocycles. The van der Waals surface area contributed by atoms with Crippen LogP contribution in [0, 0.1) is 0 Å². The normalized spacial score (nSPS) is 12.8. The molecule has 0 bridgehead atoms. The minimum Gasteiger partial charge on any atom is -0.349 e. The van der Waals surface area contributed by atoms with Gasteiger partial charge < -0.3 is 10.6 Å².